The van der Waals surface area contributed by atoms with Crippen LogP contribution in [0, 0.1) is 0 Å². The molecule has 3 nitrogen and oxygen atoms in total. The number of benzene rings is 1. The van der Waals surface area contributed by atoms with Gasteiger partial charge in [-0.3, -0.25) is 9.18 Å². The van der Waals surface area contributed by atoms with E-state index >= 15 is 0 Å². The number of rotatable bonds is 7. The largest absolute Gasteiger partial charge is 0.493 e. The van der Waals surface area contributed by atoms with Gasteiger partial charge in [-0.15, -0.1) is 0 Å². The zero-order valence-corrected chi connectivity index (χ0v) is 13.6. The molecule has 1 fully saturated rings. The number of hydrogen-bond acceptors (Lipinski definition) is 2. The highest BCUT2D eigenvalue weighted by Crippen LogP contribution is 2.17. The second-order valence-corrected chi connectivity index (χ2v) is 5.99. The second-order valence-electron chi connectivity index (χ2n) is 5.99. The molecule has 2 rings (SSSR count). The van der Waals surface area contributed by atoms with Crippen LogP contribution < -0.4 is 10.1 Å². The van der Waals surface area contributed by atoms with Crippen molar-refractivity contribution in [2.75, 3.05) is 13.3 Å². The molecule has 0 aliphatic heterocycles. The summed E-state index contributed by atoms with van der Waals surface area (Å²) in [5, 5.41) is 3.09. The molecule has 0 spiro atoms. The van der Waals surface area contributed by atoms with Crippen molar-refractivity contribution in [3.05, 3.63) is 35.9 Å². The third-order valence-electron chi connectivity index (χ3n) is 4.06. The maximum absolute atomic E-state index is 12.0. The van der Waals surface area contributed by atoms with Crippen molar-refractivity contribution >= 4 is 12.0 Å². The van der Waals surface area contributed by atoms with E-state index in [0.29, 0.717) is 19.1 Å². The number of carbonyl (C=O) groups excluding carboxylic acids is 1. The molecule has 1 N–H and O–H groups in total. The van der Waals surface area contributed by atoms with Gasteiger partial charge < -0.3 is 10.1 Å². The number of alkyl halides is 1. The zero-order valence-electron chi connectivity index (χ0n) is 13.6. The van der Waals surface area contributed by atoms with Gasteiger partial charge in [0, 0.05) is 18.5 Å². The van der Waals surface area contributed by atoms with E-state index in [1.54, 1.807) is 12.2 Å². The summed E-state index contributed by atoms with van der Waals surface area (Å²) in [7, 11) is 0. The van der Waals surface area contributed by atoms with Crippen LogP contribution in [-0.4, -0.2) is 25.2 Å². The van der Waals surface area contributed by atoms with Gasteiger partial charge in [-0.25, -0.2) is 0 Å². The van der Waals surface area contributed by atoms with Crippen LogP contribution in [0.2, 0.25) is 0 Å². The maximum atomic E-state index is 12.0. The molecule has 126 valence electrons. The molecule has 1 saturated carbocycles. The Kier molecular flexibility index (Phi) is 7.64. The van der Waals surface area contributed by atoms with Gasteiger partial charge in [0.15, 0.2) is 0 Å². The summed E-state index contributed by atoms with van der Waals surface area (Å²) in [6.07, 6.45) is 10.9. The van der Waals surface area contributed by atoms with Gasteiger partial charge in [0.2, 0.25) is 5.91 Å². The lowest BCUT2D eigenvalue weighted by Crippen LogP contribution is -2.33. The zero-order chi connectivity index (χ0) is 16.3. The Bertz CT molecular complexity index is 491. The quantitative estimate of drug-likeness (QED) is 0.463. The Morgan fingerprint density at radius 2 is 1.87 bits per heavy atom. The molecule has 0 bridgehead atoms. The smallest absolute Gasteiger partial charge is 0.244 e. The monoisotopic (exact) mass is 319 g/mol. The Morgan fingerprint density at radius 1 is 1.17 bits per heavy atom. The first kappa shape index (κ1) is 17.5. The molecular formula is C19H26FNO2. The molecule has 1 aliphatic rings. The molecule has 0 unspecified atom stereocenters. The van der Waals surface area contributed by atoms with Gasteiger partial charge in [-0.1, -0.05) is 37.8 Å². The van der Waals surface area contributed by atoms with Crippen molar-refractivity contribution < 1.29 is 13.9 Å². The summed E-state index contributed by atoms with van der Waals surface area (Å²) in [5.74, 6) is 0.693. The van der Waals surface area contributed by atoms with Crippen molar-refractivity contribution in [3.63, 3.8) is 0 Å². The molecule has 0 saturated heterocycles. The fourth-order valence-corrected chi connectivity index (χ4v) is 2.76. The summed E-state index contributed by atoms with van der Waals surface area (Å²) < 4.78 is 17.4. The average Bonchev–Trinajstić information content (AvgIpc) is 2.83. The predicted octanol–water partition coefficient (Wildman–Crippen LogP) is 4.28. The highest BCUT2D eigenvalue weighted by Gasteiger charge is 2.12. The Morgan fingerprint density at radius 3 is 2.52 bits per heavy atom. The maximum Gasteiger partial charge on any atom is 0.244 e. The molecule has 0 atom stereocenters. The van der Waals surface area contributed by atoms with Gasteiger partial charge in [-0.05, 0) is 36.6 Å². The summed E-state index contributed by atoms with van der Waals surface area (Å²) in [6, 6.07) is 7.77. The van der Waals surface area contributed by atoms with E-state index in [4.69, 9.17) is 4.74 Å². The van der Waals surface area contributed by atoms with Crippen LogP contribution in [0.1, 0.15) is 50.5 Å². The summed E-state index contributed by atoms with van der Waals surface area (Å²) >= 11 is 0. The fraction of sp³-hybridized carbons (Fsp3) is 0.526. The minimum absolute atomic E-state index is 0.0276. The Labute approximate surface area is 137 Å². The predicted molar refractivity (Wildman–Crippen MR) is 91.2 cm³/mol. The third-order valence-corrected chi connectivity index (χ3v) is 4.06. The van der Waals surface area contributed by atoms with E-state index in [2.05, 4.69) is 5.32 Å². The van der Waals surface area contributed by atoms with E-state index in [1.807, 2.05) is 24.3 Å². The van der Waals surface area contributed by atoms with Gasteiger partial charge in [0.1, 0.15) is 5.75 Å². The van der Waals surface area contributed by atoms with E-state index in [-0.39, 0.29) is 12.6 Å². The first-order valence-electron chi connectivity index (χ1n) is 8.55. The molecular weight excluding hydrogens is 293 g/mol. The molecule has 4 heteroatoms. The van der Waals surface area contributed by atoms with Gasteiger partial charge in [0.05, 0.1) is 13.3 Å². The second kappa shape index (κ2) is 10.0. The number of amides is 1. The van der Waals surface area contributed by atoms with E-state index in [1.165, 1.54) is 25.7 Å². The topological polar surface area (TPSA) is 38.3 Å². The van der Waals surface area contributed by atoms with Crippen molar-refractivity contribution in [3.8, 4) is 5.75 Å². The third kappa shape index (κ3) is 6.85. The lowest BCUT2D eigenvalue weighted by molar-refractivity contribution is -0.117. The summed E-state index contributed by atoms with van der Waals surface area (Å²) in [4.78, 5) is 12.0. The first-order valence-corrected chi connectivity index (χ1v) is 8.55. The van der Waals surface area contributed by atoms with Crippen molar-refractivity contribution in [1.82, 2.24) is 5.32 Å². The van der Waals surface area contributed by atoms with Gasteiger partial charge in [-0.2, -0.15) is 0 Å². The van der Waals surface area contributed by atoms with E-state index in [9.17, 15) is 9.18 Å². The Balaban J connectivity index is 1.78. The Hall–Kier alpha value is -1.84. The molecule has 1 aromatic rings. The van der Waals surface area contributed by atoms with Crippen LogP contribution in [0.4, 0.5) is 4.39 Å². The number of nitrogens with one attached hydrogen (secondary N) is 1. The number of hydrogen-bond donors (Lipinski definition) is 1. The highest BCUT2D eigenvalue weighted by atomic mass is 19.1. The van der Waals surface area contributed by atoms with Crippen LogP contribution in [0.3, 0.4) is 0 Å². The molecule has 0 aromatic heterocycles. The van der Waals surface area contributed by atoms with E-state index in [0.717, 1.165) is 24.2 Å². The van der Waals surface area contributed by atoms with Crippen molar-refractivity contribution in [2.45, 2.75) is 51.0 Å². The van der Waals surface area contributed by atoms with Crippen LogP contribution in [0.5, 0.6) is 5.75 Å². The molecule has 23 heavy (non-hydrogen) atoms. The summed E-state index contributed by atoms with van der Waals surface area (Å²) in [6.45, 7) is 0.0202. The van der Waals surface area contributed by atoms with Crippen LogP contribution in [0.15, 0.2) is 30.3 Å². The standard InChI is InChI=1S/C19H26FNO2/c20-14-5-15-23-18-11-8-16(9-12-18)10-13-19(22)21-17-6-3-1-2-4-7-17/h8-13,17H,1-7,14-15H2,(H,21,22)/b13-10+. The van der Waals surface area contributed by atoms with Crippen molar-refractivity contribution in [2.24, 2.45) is 0 Å². The first-order chi connectivity index (χ1) is 11.3. The SMILES string of the molecule is O=C(/C=C/c1ccc(OCCCF)cc1)NC1CCCCCC1. The molecule has 0 heterocycles. The average molecular weight is 319 g/mol. The lowest BCUT2D eigenvalue weighted by Gasteiger charge is -2.14. The normalized spacial score (nSPS) is 16.2. The number of carbonyl (C=O) groups is 1. The molecule has 1 aliphatic carbocycles. The van der Waals surface area contributed by atoms with Gasteiger partial charge >= 0.3 is 0 Å². The van der Waals surface area contributed by atoms with Crippen LogP contribution >= 0.6 is 0 Å². The van der Waals surface area contributed by atoms with E-state index < -0.39 is 0 Å². The van der Waals surface area contributed by atoms with Crippen molar-refractivity contribution in [1.29, 1.82) is 0 Å². The molecule has 0 radical (unpaired) electrons. The molecule has 1 amide bonds. The minimum atomic E-state index is -0.364. The van der Waals surface area contributed by atoms with Gasteiger partial charge in [0.25, 0.3) is 0 Å². The fourth-order valence-electron chi connectivity index (χ4n) is 2.76. The molecule has 1 aromatic carbocycles. The highest BCUT2D eigenvalue weighted by molar-refractivity contribution is 5.91. The summed E-state index contributed by atoms with van der Waals surface area (Å²) in [5.41, 5.74) is 0.943. The lowest BCUT2D eigenvalue weighted by atomic mass is 10.1. The minimum Gasteiger partial charge on any atom is -0.493 e. The number of ether oxygens (including phenoxy) is 1. The van der Waals surface area contributed by atoms with Crippen LogP contribution in [-0.2, 0) is 4.79 Å². The number of halogens is 1. The van der Waals surface area contributed by atoms with Crippen LogP contribution in [0.25, 0.3) is 6.08 Å².